The molecule has 0 radical (unpaired) electrons. The maximum atomic E-state index is 12.6. The fourth-order valence-corrected chi connectivity index (χ4v) is 3.03. The summed E-state index contributed by atoms with van der Waals surface area (Å²) in [6.45, 7) is 3.77. The number of aryl methyl sites for hydroxylation is 2. The summed E-state index contributed by atoms with van der Waals surface area (Å²) in [7, 11) is 0. The Morgan fingerprint density at radius 3 is 2.28 bits per heavy atom. The number of hydrogen-bond acceptors (Lipinski definition) is 3. The molecule has 0 saturated carbocycles. The summed E-state index contributed by atoms with van der Waals surface area (Å²) < 4.78 is 5.42. The number of anilines is 2. The van der Waals surface area contributed by atoms with Crippen molar-refractivity contribution in [2.75, 3.05) is 17.2 Å². The minimum Gasteiger partial charge on any atom is -0.484 e. The SMILES string of the molecule is Cc1cc(C)cc(NC(=O)c2ccc(Cl)c(NC(=O)COc3ccccc3)c2)c1. The van der Waals surface area contributed by atoms with Crippen molar-refractivity contribution in [3.05, 3.63) is 88.4 Å². The van der Waals surface area contributed by atoms with Crippen LogP contribution in [0.2, 0.25) is 5.02 Å². The Morgan fingerprint density at radius 2 is 1.59 bits per heavy atom. The molecule has 0 aliphatic heterocycles. The first kappa shape index (κ1) is 20.4. The predicted octanol–water partition coefficient (Wildman–Crippen LogP) is 5.23. The molecule has 0 atom stereocenters. The van der Waals surface area contributed by atoms with E-state index >= 15 is 0 Å². The van der Waals surface area contributed by atoms with Crippen molar-refractivity contribution in [2.45, 2.75) is 13.8 Å². The van der Waals surface area contributed by atoms with Crippen LogP contribution in [0.4, 0.5) is 11.4 Å². The lowest BCUT2D eigenvalue weighted by molar-refractivity contribution is -0.118. The predicted molar refractivity (Wildman–Crippen MR) is 116 cm³/mol. The molecule has 3 rings (SSSR count). The number of rotatable bonds is 6. The molecule has 29 heavy (non-hydrogen) atoms. The molecule has 0 bridgehead atoms. The summed E-state index contributed by atoms with van der Waals surface area (Å²) in [5, 5.41) is 5.88. The van der Waals surface area contributed by atoms with E-state index in [0.717, 1.165) is 11.1 Å². The number of ether oxygens (including phenoxy) is 1. The lowest BCUT2D eigenvalue weighted by Crippen LogP contribution is -2.21. The first-order valence-corrected chi connectivity index (χ1v) is 9.45. The van der Waals surface area contributed by atoms with Crippen LogP contribution in [0.1, 0.15) is 21.5 Å². The standard InChI is InChI=1S/C23H21ClN2O3/c1-15-10-16(2)12-18(11-15)25-23(28)17-8-9-20(24)21(13-17)26-22(27)14-29-19-6-4-3-5-7-19/h3-13H,14H2,1-2H3,(H,25,28)(H,26,27). The largest absolute Gasteiger partial charge is 0.484 e. The van der Waals surface area contributed by atoms with Crippen LogP contribution >= 0.6 is 11.6 Å². The van der Waals surface area contributed by atoms with Gasteiger partial charge in [0.25, 0.3) is 11.8 Å². The van der Waals surface area contributed by atoms with Gasteiger partial charge in [0.1, 0.15) is 5.75 Å². The van der Waals surface area contributed by atoms with Crippen LogP contribution in [0.15, 0.2) is 66.7 Å². The molecule has 2 amide bonds. The monoisotopic (exact) mass is 408 g/mol. The Bertz CT molecular complexity index is 1020. The lowest BCUT2D eigenvalue weighted by atomic mass is 10.1. The number of hydrogen-bond donors (Lipinski definition) is 2. The highest BCUT2D eigenvalue weighted by Gasteiger charge is 2.12. The van der Waals surface area contributed by atoms with Gasteiger partial charge in [-0.05, 0) is 67.4 Å². The van der Waals surface area contributed by atoms with Gasteiger partial charge in [-0.2, -0.15) is 0 Å². The molecule has 2 N–H and O–H groups in total. The van der Waals surface area contributed by atoms with E-state index in [0.29, 0.717) is 27.7 Å². The van der Waals surface area contributed by atoms with Gasteiger partial charge in [-0.25, -0.2) is 0 Å². The molecule has 3 aromatic rings. The molecule has 0 fully saturated rings. The normalized spacial score (nSPS) is 10.3. The van der Waals surface area contributed by atoms with Crippen LogP contribution in [0.5, 0.6) is 5.75 Å². The van der Waals surface area contributed by atoms with Gasteiger partial charge >= 0.3 is 0 Å². The molecule has 0 heterocycles. The first-order chi connectivity index (χ1) is 13.9. The maximum Gasteiger partial charge on any atom is 0.262 e. The van der Waals surface area contributed by atoms with E-state index in [9.17, 15) is 9.59 Å². The highest BCUT2D eigenvalue weighted by molar-refractivity contribution is 6.34. The van der Waals surface area contributed by atoms with Crippen molar-refractivity contribution >= 4 is 34.8 Å². The van der Waals surface area contributed by atoms with Gasteiger partial charge in [-0.3, -0.25) is 9.59 Å². The third kappa shape index (κ3) is 5.83. The second-order valence-corrected chi connectivity index (χ2v) is 7.08. The van der Waals surface area contributed by atoms with Crippen LogP contribution in [-0.2, 0) is 4.79 Å². The van der Waals surface area contributed by atoms with Gasteiger partial charge in [-0.1, -0.05) is 35.9 Å². The van der Waals surface area contributed by atoms with E-state index in [-0.39, 0.29) is 18.4 Å². The Balaban J connectivity index is 1.67. The van der Waals surface area contributed by atoms with Gasteiger partial charge in [0.15, 0.2) is 6.61 Å². The molecule has 0 aliphatic carbocycles. The Hall–Kier alpha value is -3.31. The number of para-hydroxylation sites is 1. The second-order valence-electron chi connectivity index (χ2n) is 6.68. The molecule has 6 heteroatoms. The van der Waals surface area contributed by atoms with Crippen LogP contribution in [0, 0.1) is 13.8 Å². The van der Waals surface area contributed by atoms with Crippen LogP contribution in [0.3, 0.4) is 0 Å². The first-order valence-electron chi connectivity index (χ1n) is 9.07. The molecule has 0 aromatic heterocycles. The Kier molecular flexibility index (Phi) is 6.52. The number of amides is 2. The topological polar surface area (TPSA) is 67.4 Å². The molecular formula is C23H21ClN2O3. The van der Waals surface area contributed by atoms with E-state index in [1.54, 1.807) is 30.3 Å². The molecule has 0 unspecified atom stereocenters. The molecule has 148 valence electrons. The van der Waals surface area contributed by atoms with E-state index in [1.165, 1.54) is 0 Å². The minimum atomic E-state index is -0.373. The molecule has 0 spiro atoms. The van der Waals surface area contributed by atoms with Gasteiger partial charge in [0.2, 0.25) is 0 Å². The number of benzene rings is 3. The van der Waals surface area contributed by atoms with Crippen molar-refractivity contribution < 1.29 is 14.3 Å². The third-order valence-electron chi connectivity index (χ3n) is 4.10. The summed E-state index contributed by atoms with van der Waals surface area (Å²) in [6, 6.07) is 19.6. The van der Waals surface area contributed by atoms with Gasteiger partial charge in [0, 0.05) is 11.3 Å². The fraction of sp³-hybridized carbons (Fsp3) is 0.130. The van der Waals surface area contributed by atoms with Crippen LogP contribution in [-0.4, -0.2) is 18.4 Å². The van der Waals surface area contributed by atoms with Crippen molar-refractivity contribution in [1.82, 2.24) is 0 Å². The van der Waals surface area contributed by atoms with Crippen molar-refractivity contribution in [2.24, 2.45) is 0 Å². The van der Waals surface area contributed by atoms with E-state index < -0.39 is 0 Å². The molecule has 0 aliphatic rings. The average molecular weight is 409 g/mol. The number of halogens is 1. The van der Waals surface area contributed by atoms with Gasteiger partial charge < -0.3 is 15.4 Å². The van der Waals surface area contributed by atoms with Crippen molar-refractivity contribution in [3.63, 3.8) is 0 Å². The summed E-state index contributed by atoms with van der Waals surface area (Å²) in [6.07, 6.45) is 0. The Morgan fingerprint density at radius 1 is 0.897 bits per heavy atom. The quantitative estimate of drug-likeness (QED) is 0.587. The van der Waals surface area contributed by atoms with Crippen LogP contribution in [0.25, 0.3) is 0 Å². The fourth-order valence-electron chi connectivity index (χ4n) is 2.86. The smallest absolute Gasteiger partial charge is 0.262 e. The third-order valence-corrected chi connectivity index (χ3v) is 4.42. The Labute approximate surface area is 174 Å². The summed E-state index contributed by atoms with van der Waals surface area (Å²) >= 11 is 6.18. The second kappa shape index (κ2) is 9.26. The molecule has 3 aromatic carbocycles. The molecular weight excluding hydrogens is 388 g/mol. The van der Waals surface area contributed by atoms with E-state index in [4.69, 9.17) is 16.3 Å². The number of carbonyl (C=O) groups excluding carboxylic acids is 2. The van der Waals surface area contributed by atoms with E-state index in [2.05, 4.69) is 10.6 Å². The number of carbonyl (C=O) groups is 2. The van der Waals surface area contributed by atoms with Crippen molar-refractivity contribution in [3.8, 4) is 5.75 Å². The maximum absolute atomic E-state index is 12.6. The van der Waals surface area contributed by atoms with Gasteiger partial charge in [-0.15, -0.1) is 0 Å². The zero-order chi connectivity index (χ0) is 20.8. The highest BCUT2D eigenvalue weighted by atomic mass is 35.5. The zero-order valence-corrected chi connectivity index (χ0v) is 16.9. The molecule has 5 nitrogen and oxygen atoms in total. The summed E-state index contributed by atoms with van der Waals surface area (Å²) in [4.78, 5) is 24.8. The number of nitrogens with one attached hydrogen (secondary N) is 2. The van der Waals surface area contributed by atoms with Crippen molar-refractivity contribution in [1.29, 1.82) is 0 Å². The summed E-state index contributed by atoms with van der Waals surface area (Å²) in [5.41, 5.74) is 3.56. The summed E-state index contributed by atoms with van der Waals surface area (Å²) in [5.74, 6) is -0.0688. The van der Waals surface area contributed by atoms with Crippen LogP contribution < -0.4 is 15.4 Å². The lowest BCUT2D eigenvalue weighted by Gasteiger charge is -2.11. The zero-order valence-electron chi connectivity index (χ0n) is 16.2. The molecule has 0 saturated heterocycles. The van der Waals surface area contributed by atoms with E-state index in [1.807, 2.05) is 50.2 Å². The van der Waals surface area contributed by atoms with Gasteiger partial charge in [0.05, 0.1) is 10.7 Å². The minimum absolute atomic E-state index is 0.167. The highest BCUT2D eigenvalue weighted by Crippen LogP contribution is 2.24. The average Bonchev–Trinajstić information content (AvgIpc) is 2.68.